The molecule has 3 nitrogen and oxygen atoms in total. The third kappa shape index (κ3) is 2.48. The molecule has 0 spiro atoms. The fourth-order valence-electron chi connectivity index (χ4n) is 2.28. The van der Waals surface area contributed by atoms with E-state index in [2.05, 4.69) is 36.9 Å². The molecule has 0 fully saturated rings. The first-order valence-electron chi connectivity index (χ1n) is 6.27. The van der Waals surface area contributed by atoms with Gasteiger partial charge in [-0.1, -0.05) is 13.0 Å². The molecule has 2 unspecified atom stereocenters. The van der Waals surface area contributed by atoms with E-state index in [1.165, 1.54) is 16.1 Å². The van der Waals surface area contributed by atoms with Gasteiger partial charge < -0.3 is 10.0 Å². The summed E-state index contributed by atoms with van der Waals surface area (Å²) in [5, 5.41) is 9.10. The SMILES string of the molecule is CCc1ccc2c(c1)SC(CC(=O)O)C(C)N2C. The van der Waals surface area contributed by atoms with Crippen molar-refractivity contribution in [2.45, 2.75) is 42.9 Å². The molecule has 0 saturated carbocycles. The Bertz CT molecular complexity index is 461. The van der Waals surface area contributed by atoms with Gasteiger partial charge in [-0.2, -0.15) is 0 Å². The number of rotatable bonds is 3. The molecule has 1 aliphatic rings. The molecule has 98 valence electrons. The van der Waals surface area contributed by atoms with E-state index >= 15 is 0 Å². The Kier molecular flexibility index (Phi) is 3.85. The highest BCUT2D eigenvalue weighted by Gasteiger charge is 2.31. The summed E-state index contributed by atoms with van der Waals surface area (Å²) < 4.78 is 0. The molecular weight excluding hydrogens is 246 g/mol. The lowest BCUT2D eigenvalue weighted by atomic mass is 10.1. The summed E-state index contributed by atoms with van der Waals surface area (Å²) in [5.74, 6) is -0.720. The number of nitrogens with zero attached hydrogens (tertiary/aromatic N) is 1. The smallest absolute Gasteiger partial charge is 0.304 e. The molecule has 0 aromatic heterocycles. The van der Waals surface area contributed by atoms with Crippen molar-refractivity contribution in [3.05, 3.63) is 23.8 Å². The van der Waals surface area contributed by atoms with Crippen LogP contribution in [0.3, 0.4) is 0 Å². The maximum absolute atomic E-state index is 10.9. The second kappa shape index (κ2) is 5.22. The standard InChI is InChI=1S/C14H19NO2S/c1-4-10-5-6-11-13(7-10)18-12(8-14(16)17)9(2)15(11)3/h5-7,9,12H,4,8H2,1-3H3,(H,16,17). The Morgan fingerprint density at radius 3 is 2.83 bits per heavy atom. The number of carbonyl (C=O) groups is 1. The number of fused-ring (bicyclic) bond motifs is 1. The second-order valence-corrected chi connectivity index (χ2v) is 6.04. The van der Waals surface area contributed by atoms with Gasteiger partial charge in [-0.05, 0) is 31.0 Å². The molecule has 0 amide bonds. The highest BCUT2D eigenvalue weighted by molar-refractivity contribution is 8.00. The lowest BCUT2D eigenvalue weighted by Gasteiger charge is -2.39. The number of hydrogen-bond donors (Lipinski definition) is 1. The van der Waals surface area contributed by atoms with Crippen molar-refractivity contribution in [3.8, 4) is 0 Å². The van der Waals surface area contributed by atoms with E-state index in [0.29, 0.717) is 0 Å². The van der Waals surface area contributed by atoms with Crippen molar-refractivity contribution in [1.82, 2.24) is 0 Å². The highest BCUT2D eigenvalue weighted by atomic mass is 32.2. The second-order valence-electron chi connectivity index (χ2n) is 4.76. The summed E-state index contributed by atoms with van der Waals surface area (Å²) in [6.45, 7) is 4.23. The van der Waals surface area contributed by atoms with Crippen LogP contribution in [0.4, 0.5) is 5.69 Å². The Labute approximate surface area is 112 Å². The third-order valence-electron chi connectivity index (χ3n) is 3.62. The molecule has 2 rings (SSSR count). The van der Waals surface area contributed by atoms with E-state index in [-0.39, 0.29) is 17.7 Å². The first-order valence-corrected chi connectivity index (χ1v) is 7.15. The molecule has 0 bridgehead atoms. The molecule has 2 atom stereocenters. The minimum Gasteiger partial charge on any atom is -0.481 e. The van der Waals surface area contributed by atoms with Crippen LogP contribution in [0, 0.1) is 0 Å². The van der Waals surface area contributed by atoms with Gasteiger partial charge in [0.2, 0.25) is 0 Å². The molecule has 1 aromatic carbocycles. The summed E-state index contributed by atoms with van der Waals surface area (Å²) in [6.07, 6.45) is 1.22. The number of aliphatic carboxylic acids is 1. The quantitative estimate of drug-likeness (QED) is 0.912. The van der Waals surface area contributed by atoms with Gasteiger partial charge in [0.05, 0.1) is 12.1 Å². The normalized spacial score (nSPS) is 22.7. The summed E-state index contributed by atoms with van der Waals surface area (Å²) in [5.41, 5.74) is 2.52. The van der Waals surface area contributed by atoms with Crippen molar-refractivity contribution >= 4 is 23.4 Å². The molecular formula is C14H19NO2S. The van der Waals surface area contributed by atoms with Crippen LogP contribution >= 0.6 is 11.8 Å². The summed E-state index contributed by atoms with van der Waals surface area (Å²) >= 11 is 1.70. The van der Waals surface area contributed by atoms with Gasteiger partial charge in [-0.25, -0.2) is 0 Å². The summed E-state index contributed by atoms with van der Waals surface area (Å²) in [6, 6.07) is 6.73. The molecule has 1 aliphatic heterocycles. The number of carboxylic acids is 1. The minimum absolute atomic E-state index is 0.118. The maximum atomic E-state index is 10.9. The highest BCUT2D eigenvalue weighted by Crippen LogP contribution is 2.42. The van der Waals surface area contributed by atoms with Crippen molar-refractivity contribution in [3.63, 3.8) is 0 Å². The fraction of sp³-hybridized carbons (Fsp3) is 0.500. The van der Waals surface area contributed by atoms with Gasteiger partial charge in [0, 0.05) is 23.2 Å². The van der Waals surface area contributed by atoms with Crippen molar-refractivity contribution in [1.29, 1.82) is 0 Å². The number of aryl methyl sites for hydroxylation is 1. The van der Waals surface area contributed by atoms with Crippen molar-refractivity contribution in [2.75, 3.05) is 11.9 Å². The van der Waals surface area contributed by atoms with Gasteiger partial charge in [0.1, 0.15) is 0 Å². The number of carboxylic acid groups (broad SMARTS) is 1. The Balaban J connectivity index is 2.32. The largest absolute Gasteiger partial charge is 0.481 e. The predicted octanol–water partition coefficient (Wildman–Crippen LogP) is 3.02. The van der Waals surface area contributed by atoms with E-state index in [0.717, 1.165) is 6.42 Å². The average molecular weight is 265 g/mol. The van der Waals surface area contributed by atoms with Crippen LogP contribution in [-0.4, -0.2) is 29.4 Å². The zero-order valence-electron chi connectivity index (χ0n) is 11.0. The van der Waals surface area contributed by atoms with Crippen LogP contribution < -0.4 is 4.90 Å². The van der Waals surface area contributed by atoms with E-state index in [4.69, 9.17) is 5.11 Å². The molecule has 0 radical (unpaired) electrons. The summed E-state index contributed by atoms with van der Waals surface area (Å²) in [4.78, 5) is 14.3. The molecule has 4 heteroatoms. The lowest BCUT2D eigenvalue weighted by Crippen LogP contribution is -2.41. The van der Waals surface area contributed by atoms with E-state index < -0.39 is 5.97 Å². The zero-order valence-corrected chi connectivity index (χ0v) is 11.8. The number of thioether (sulfide) groups is 1. The first kappa shape index (κ1) is 13.3. The Hall–Kier alpha value is -1.16. The average Bonchev–Trinajstić information content (AvgIpc) is 2.34. The predicted molar refractivity (Wildman–Crippen MR) is 75.6 cm³/mol. The first-order chi connectivity index (χ1) is 8.52. The van der Waals surface area contributed by atoms with Crippen LogP contribution in [0.2, 0.25) is 0 Å². The van der Waals surface area contributed by atoms with Crippen molar-refractivity contribution in [2.24, 2.45) is 0 Å². The van der Waals surface area contributed by atoms with Gasteiger partial charge in [-0.15, -0.1) is 11.8 Å². The molecule has 1 aromatic rings. The Morgan fingerprint density at radius 2 is 2.22 bits per heavy atom. The lowest BCUT2D eigenvalue weighted by molar-refractivity contribution is -0.137. The topological polar surface area (TPSA) is 40.5 Å². The van der Waals surface area contributed by atoms with Crippen LogP contribution in [-0.2, 0) is 11.2 Å². The molecule has 0 saturated heterocycles. The van der Waals surface area contributed by atoms with Crippen molar-refractivity contribution < 1.29 is 9.90 Å². The van der Waals surface area contributed by atoms with Gasteiger partial charge in [-0.3, -0.25) is 4.79 Å². The summed E-state index contributed by atoms with van der Waals surface area (Å²) in [7, 11) is 2.05. The Morgan fingerprint density at radius 1 is 1.50 bits per heavy atom. The van der Waals surface area contributed by atoms with Gasteiger partial charge in [0.15, 0.2) is 0 Å². The third-order valence-corrected chi connectivity index (χ3v) is 5.06. The van der Waals surface area contributed by atoms with Gasteiger partial charge >= 0.3 is 5.97 Å². The van der Waals surface area contributed by atoms with E-state index in [1.807, 2.05) is 7.05 Å². The molecule has 0 aliphatic carbocycles. The zero-order chi connectivity index (χ0) is 13.3. The molecule has 1 heterocycles. The number of benzene rings is 1. The maximum Gasteiger partial charge on any atom is 0.304 e. The van der Waals surface area contributed by atoms with Crippen LogP contribution in [0.5, 0.6) is 0 Å². The number of hydrogen-bond acceptors (Lipinski definition) is 3. The minimum atomic E-state index is -0.720. The monoisotopic (exact) mass is 265 g/mol. The molecule has 1 N–H and O–H groups in total. The van der Waals surface area contributed by atoms with Crippen LogP contribution in [0.15, 0.2) is 23.1 Å². The van der Waals surface area contributed by atoms with Gasteiger partial charge in [0.25, 0.3) is 0 Å². The molecule has 18 heavy (non-hydrogen) atoms. The van der Waals surface area contributed by atoms with Crippen LogP contribution in [0.1, 0.15) is 25.8 Å². The van der Waals surface area contributed by atoms with Crippen LogP contribution in [0.25, 0.3) is 0 Å². The van der Waals surface area contributed by atoms with E-state index in [1.54, 1.807) is 11.8 Å². The number of anilines is 1. The van der Waals surface area contributed by atoms with E-state index in [9.17, 15) is 4.79 Å². The fourth-order valence-corrected chi connectivity index (χ4v) is 3.76.